The third kappa shape index (κ3) is 5.17. The van der Waals surface area contributed by atoms with Crippen LogP contribution in [-0.2, 0) is 10.9 Å². The van der Waals surface area contributed by atoms with Gasteiger partial charge in [-0.1, -0.05) is 12.0 Å². The number of hydrogen-bond donors (Lipinski definition) is 1. The minimum Gasteiger partial charge on any atom is -0.332 e. The number of hydrogen-bond acceptors (Lipinski definition) is 3. The Hall–Kier alpha value is -2.51. The van der Waals surface area contributed by atoms with Crippen molar-refractivity contribution in [2.45, 2.75) is 19.3 Å². The number of halogens is 3. The van der Waals surface area contributed by atoms with Gasteiger partial charge in [0.2, 0.25) is 6.23 Å². The van der Waals surface area contributed by atoms with Crippen LogP contribution in [0.5, 0.6) is 0 Å². The molecule has 0 spiro atoms. The summed E-state index contributed by atoms with van der Waals surface area (Å²) in [6.07, 6.45) is -5.83. The molecule has 4 nitrogen and oxygen atoms in total. The van der Waals surface area contributed by atoms with Crippen molar-refractivity contribution in [1.82, 2.24) is 5.32 Å². The lowest BCUT2D eigenvalue weighted by atomic mass is 10.1. The fourth-order valence-corrected chi connectivity index (χ4v) is 1.35. The number of nitrogens with zero attached hydrogens (tertiary/aromatic N) is 1. The highest BCUT2D eigenvalue weighted by Crippen LogP contribution is 2.29. The highest BCUT2D eigenvalue weighted by atomic mass is 19.4. The van der Waals surface area contributed by atoms with Gasteiger partial charge < -0.3 is 10.1 Å². The van der Waals surface area contributed by atoms with E-state index in [4.69, 9.17) is 10.00 Å². The van der Waals surface area contributed by atoms with Crippen molar-refractivity contribution in [3.63, 3.8) is 0 Å². The molecule has 0 saturated carbocycles. The highest BCUT2D eigenvalue weighted by Gasteiger charge is 2.31. The molecule has 21 heavy (non-hydrogen) atoms. The van der Waals surface area contributed by atoms with Gasteiger partial charge in [-0.25, -0.2) is 0 Å². The van der Waals surface area contributed by atoms with Crippen LogP contribution >= 0.6 is 0 Å². The Bertz CT molecular complexity index is 609. The zero-order chi connectivity index (χ0) is 15.9. The van der Waals surface area contributed by atoms with Gasteiger partial charge in [-0.3, -0.25) is 4.79 Å². The van der Waals surface area contributed by atoms with E-state index in [2.05, 4.69) is 17.2 Å². The molecule has 0 aliphatic heterocycles. The Morgan fingerprint density at radius 1 is 1.48 bits per heavy atom. The lowest BCUT2D eigenvalue weighted by Crippen LogP contribution is -2.36. The van der Waals surface area contributed by atoms with Gasteiger partial charge >= 0.3 is 6.18 Å². The summed E-state index contributed by atoms with van der Waals surface area (Å²) in [6.45, 7) is 1.50. The minimum atomic E-state index is -4.54. The van der Waals surface area contributed by atoms with Crippen LogP contribution in [0.2, 0.25) is 0 Å². The number of amides is 1. The van der Waals surface area contributed by atoms with Gasteiger partial charge in [0.15, 0.2) is 0 Å². The highest BCUT2D eigenvalue weighted by molar-refractivity contribution is 5.94. The Labute approximate surface area is 119 Å². The van der Waals surface area contributed by atoms with E-state index in [1.165, 1.54) is 6.07 Å². The van der Waals surface area contributed by atoms with E-state index in [1.54, 1.807) is 13.0 Å². The fraction of sp³-hybridized carbons (Fsp3) is 0.286. The molecule has 0 aromatic heterocycles. The summed E-state index contributed by atoms with van der Waals surface area (Å²) < 4.78 is 42.6. The molecule has 7 heteroatoms. The van der Waals surface area contributed by atoms with Gasteiger partial charge in [0.05, 0.1) is 5.56 Å². The number of benzene rings is 1. The zero-order valence-corrected chi connectivity index (χ0v) is 11.0. The van der Waals surface area contributed by atoms with Crippen molar-refractivity contribution >= 4 is 5.91 Å². The summed E-state index contributed by atoms with van der Waals surface area (Å²) >= 11 is 0. The average molecular weight is 296 g/mol. The quantitative estimate of drug-likeness (QED) is 0.685. The number of ether oxygens (including phenoxy) is 1. The van der Waals surface area contributed by atoms with E-state index < -0.39 is 23.9 Å². The summed E-state index contributed by atoms with van der Waals surface area (Å²) in [7, 11) is 0. The van der Waals surface area contributed by atoms with Crippen LogP contribution in [0.25, 0.3) is 0 Å². The van der Waals surface area contributed by atoms with Gasteiger partial charge in [-0.05, 0) is 25.1 Å². The van der Waals surface area contributed by atoms with Crippen molar-refractivity contribution in [3.8, 4) is 17.9 Å². The van der Waals surface area contributed by atoms with Crippen LogP contribution in [0.1, 0.15) is 22.8 Å². The van der Waals surface area contributed by atoms with Crippen molar-refractivity contribution in [3.05, 3.63) is 35.4 Å². The summed E-state index contributed by atoms with van der Waals surface area (Å²) in [5.41, 5.74) is -1.16. The molecule has 0 aliphatic carbocycles. The molecule has 1 rings (SSSR count). The van der Waals surface area contributed by atoms with Crippen molar-refractivity contribution in [1.29, 1.82) is 5.26 Å². The van der Waals surface area contributed by atoms with Crippen LogP contribution in [0.4, 0.5) is 13.2 Å². The smallest absolute Gasteiger partial charge is 0.332 e. The van der Waals surface area contributed by atoms with E-state index >= 15 is 0 Å². The molecular formula is C14H11F3N2O2. The van der Waals surface area contributed by atoms with Crippen molar-refractivity contribution in [2.24, 2.45) is 0 Å². The predicted molar refractivity (Wildman–Crippen MR) is 67.7 cm³/mol. The second-order valence-electron chi connectivity index (χ2n) is 3.80. The Kier molecular flexibility index (Phi) is 5.77. The first-order chi connectivity index (χ1) is 9.88. The molecule has 1 unspecified atom stereocenters. The second-order valence-corrected chi connectivity index (χ2v) is 3.80. The molecule has 1 aromatic carbocycles. The average Bonchev–Trinajstić information content (AvgIpc) is 2.45. The van der Waals surface area contributed by atoms with Crippen LogP contribution in [-0.4, -0.2) is 18.7 Å². The van der Waals surface area contributed by atoms with Gasteiger partial charge in [0.25, 0.3) is 5.91 Å². The topological polar surface area (TPSA) is 62.1 Å². The lowest BCUT2D eigenvalue weighted by molar-refractivity contribution is -0.137. The molecule has 0 aliphatic rings. The van der Waals surface area contributed by atoms with Crippen molar-refractivity contribution in [2.75, 3.05) is 6.61 Å². The van der Waals surface area contributed by atoms with E-state index in [-0.39, 0.29) is 12.2 Å². The van der Waals surface area contributed by atoms with Gasteiger partial charge in [0.1, 0.15) is 12.7 Å². The van der Waals surface area contributed by atoms with Gasteiger partial charge in [-0.2, -0.15) is 18.4 Å². The van der Waals surface area contributed by atoms with E-state index in [1.807, 2.05) is 0 Å². The molecule has 1 atom stereocenters. The third-order valence-electron chi connectivity index (χ3n) is 2.33. The van der Waals surface area contributed by atoms with E-state index in [9.17, 15) is 18.0 Å². The van der Waals surface area contributed by atoms with Crippen LogP contribution < -0.4 is 5.32 Å². The molecule has 1 aromatic rings. The number of alkyl halides is 3. The van der Waals surface area contributed by atoms with Gasteiger partial charge in [-0.15, -0.1) is 5.92 Å². The first kappa shape index (κ1) is 16.5. The summed E-state index contributed by atoms with van der Waals surface area (Å²) in [5.74, 6) is 4.23. The lowest BCUT2D eigenvalue weighted by Gasteiger charge is -2.12. The van der Waals surface area contributed by atoms with Crippen LogP contribution in [0.3, 0.4) is 0 Å². The fourth-order valence-electron chi connectivity index (χ4n) is 1.35. The molecule has 0 radical (unpaired) electrons. The number of nitriles is 1. The largest absolute Gasteiger partial charge is 0.416 e. The molecule has 110 valence electrons. The van der Waals surface area contributed by atoms with Crippen LogP contribution in [0.15, 0.2) is 24.3 Å². The standard InChI is InChI=1S/C14H11F3N2O2/c1-2-3-7-21-12(9-18)19-13(20)10-5-4-6-11(8-10)14(15,16)17/h4-6,8,12H,7H2,1H3,(H,19,20). The Morgan fingerprint density at radius 2 is 2.19 bits per heavy atom. The summed E-state index contributed by atoms with van der Waals surface area (Å²) in [4.78, 5) is 11.8. The van der Waals surface area contributed by atoms with Gasteiger partial charge in [0, 0.05) is 5.56 Å². The molecule has 0 heterocycles. The molecule has 1 amide bonds. The Morgan fingerprint density at radius 3 is 2.76 bits per heavy atom. The normalized spacial score (nSPS) is 11.8. The molecule has 0 fully saturated rings. The molecule has 0 bridgehead atoms. The predicted octanol–water partition coefficient (Wildman–Crippen LogP) is 2.32. The minimum absolute atomic E-state index is 0.0718. The molecular weight excluding hydrogens is 285 g/mol. The first-order valence-electron chi connectivity index (χ1n) is 5.77. The van der Waals surface area contributed by atoms with Crippen LogP contribution in [0, 0.1) is 23.2 Å². The second kappa shape index (κ2) is 7.32. The van der Waals surface area contributed by atoms with E-state index in [0.717, 1.165) is 12.1 Å². The molecule has 0 saturated heterocycles. The molecule has 1 N–H and O–H groups in total. The maximum atomic E-state index is 12.5. The third-order valence-corrected chi connectivity index (χ3v) is 2.33. The van der Waals surface area contributed by atoms with E-state index in [0.29, 0.717) is 6.07 Å². The monoisotopic (exact) mass is 296 g/mol. The first-order valence-corrected chi connectivity index (χ1v) is 5.77. The van der Waals surface area contributed by atoms with Crippen molar-refractivity contribution < 1.29 is 22.7 Å². The number of carbonyl (C=O) groups is 1. The Balaban J connectivity index is 2.79. The number of rotatable bonds is 4. The maximum Gasteiger partial charge on any atom is 0.416 e. The maximum absolute atomic E-state index is 12.5. The number of nitrogens with one attached hydrogen (secondary N) is 1. The number of carbonyl (C=O) groups excluding carboxylic acids is 1. The summed E-state index contributed by atoms with van der Waals surface area (Å²) in [5, 5.41) is 11.0. The zero-order valence-electron chi connectivity index (χ0n) is 11.0. The summed E-state index contributed by atoms with van der Waals surface area (Å²) in [6, 6.07) is 5.55. The SMILES string of the molecule is CC#CCOC(C#N)NC(=O)c1cccc(C(F)(F)F)c1.